The second-order valence-corrected chi connectivity index (χ2v) is 6.93. The van der Waals surface area contributed by atoms with E-state index >= 15 is 0 Å². The first-order chi connectivity index (χ1) is 10.0. The molecule has 1 heterocycles. The van der Waals surface area contributed by atoms with Gasteiger partial charge in [-0.25, -0.2) is 0 Å². The van der Waals surface area contributed by atoms with Crippen molar-refractivity contribution in [1.82, 2.24) is 9.80 Å². The van der Waals surface area contributed by atoms with E-state index < -0.39 is 0 Å². The van der Waals surface area contributed by atoms with Crippen molar-refractivity contribution in [2.24, 2.45) is 11.7 Å². The lowest BCUT2D eigenvalue weighted by molar-refractivity contribution is 0.0913. The van der Waals surface area contributed by atoms with Crippen LogP contribution in [0.25, 0.3) is 0 Å². The molecule has 1 saturated heterocycles. The third kappa shape index (κ3) is 4.33. The first-order valence-electron chi connectivity index (χ1n) is 7.63. The van der Waals surface area contributed by atoms with Crippen LogP contribution in [0.15, 0.2) is 18.2 Å². The number of benzene rings is 1. The number of rotatable bonds is 5. The molecule has 0 aromatic heterocycles. The fraction of sp³-hybridized carbons (Fsp3) is 0.625. The summed E-state index contributed by atoms with van der Waals surface area (Å²) in [6.07, 6.45) is 0. The molecule has 0 spiro atoms. The van der Waals surface area contributed by atoms with Gasteiger partial charge in [0.1, 0.15) is 0 Å². The van der Waals surface area contributed by atoms with Gasteiger partial charge in [-0.3, -0.25) is 4.90 Å². The van der Waals surface area contributed by atoms with Gasteiger partial charge in [0.15, 0.2) is 0 Å². The summed E-state index contributed by atoms with van der Waals surface area (Å²) >= 11 is 12.7. The minimum atomic E-state index is 0.104. The van der Waals surface area contributed by atoms with Gasteiger partial charge in [0.25, 0.3) is 0 Å². The third-order valence-electron chi connectivity index (χ3n) is 4.03. The minimum Gasteiger partial charge on any atom is -0.329 e. The second kappa shape index (κ2) is 7.80. The average molecular weight is 330 g/mol. The van der Waals surface area contributed by atoms with Crippen molar-refractivity contribution in [3.8, 4) is 0 Å². The maximum absolute atomic E-state index is 6.34. The van der Waals surface area contributed by atoms with Crippen molar-refractivity contribution in [3.05, 3.63) is 33.8 Å². The molecule has 0 amide bonds. The van der Waals surface area contributed by atoms with Gasteiger partial charge in [-0.1, -0.05) is 43.1 Å². The maximum atomic E-state index is 6.34. The zero-order chi connectivity index (χ0) is 15.4. The van der Waals surface area contributed by atoms with E-state index in [0.29, 0.717) is 22.5 Å². The Hall–Kier alpha value is -0.320. The molecule has 1 aliphatic rings. The lowest BCUT2D eigenvalue weighted by atomic mass is 10.0. The standard InChI is InChI=1S/C16H25Cl2N3/c1-12(2)11-20-6-8-21(9-7-20)15(10-19)16-13(17)4-3-5-14(16)18/h3-5,12,15H,6-11,19H2,1-2H3. The van der Waals surface area contributed by atoms with Crippen molar-refractivity contribution in [3.63, 3.8) is 0 Å². The van der Waals surface area contributed by atoms with Gasteiger partial charge >= 0.3 is 0 Å². The molecule has 5 heteroatoms. The summed E-state index contributed by atoms with van der Waals surface area (Å²) in [5.41, 5.74) is 6.99. The zero-order valence-electron chi connectivity index (χ0n) is 12.9. The molecule has 0 bridgehead atoms. The summed E-state index contributed by atoms with van der Waals surface area (Å²) in [5, 5.41) is 1.42. The van der Waals surface area contributed by atoms with Crippen LogP contribution in [0, 0.1) is 5.92 Å². The molecule has 1 aromatic carbocycles. The molecule has 2 N–H and O–H groups in total. The zero-order valence-corrected chi connectivity index (χ0v) is 14.4. The Morgan fingerprint density at radius 2 is 1.67 bits per heavy atom. The van der Waals surface area contributed by atoms with Crippen LogP contribution in [0.5, 0.6) is 0 Å². The maximum Gasteiger partial charge on any atom is 0.0501 e. The summed E-state index contributed by atoms with van der Waals surface area (Å²) in [6.45, 7) is 10.4. The molecular formula is C16H25Cl2N3. The Balaban J connectivity index is 2.06. The highest BCUT2D eigenvalue weighted by Crippen LogP contribution is 2.33. The highest BCUT2D eigenvalue weighted by molar-refractivity contribution is 6.36. The first-order valence-corrected chi connectivity index (χ1v) is 8.39. The second-order valence-electron chi connectivity index (χ2n) is 6.12. The molecule has 0 saturated carbocycles. The predicted molar refractivity (Wildman–Crippen MR) is 91.1 cm³/mol. The molecule has 1 aromatic rings. The van der Waals surface area contributed by atoms with Gasteiger partial charge in [-0.2, -0.15) is 0 Å². The normalized spacial score (nSPS) is 19.1. The van der Waals surface area contributed by atoms with E-state index in [9.17, 15) is 0 Å². The van der Waals surface area contributed by atoms with Gasteiger partial charge in [0.2, 0.25) is 0 Å². The minimum absolute atomic E-state index is 0.104. The summed E-state index contributed by atoms with van der Waals surface area (Å²) < 4.78 is 0. The number of halogens is 2. The third-order valence-corrected chi connectivity index (χ3v) is 4.69. The molecule has 2 rings (SSSR count). The lowest BCUT2D eigenvalue weighted by Crippen LogP contribution is -2.49. The summed E-state index contributed by atoms with van der Waals surface area (Å²) in [4.78, 5) is 4.92. The Morgan fingerprint density at radius 3 is 2.14 bits per heavy atom. The van der Waals surface area contributed by atoms with Gasteiger partial charge in [-0.05, 0) is 18.1 Å². The SMILES string of the molecule is CC(C)CN1CCN(C(CN)c2c(Cl)cccc2Cl)CC1. The Bertz CT molecular complexity index is 437. The van der Waals surface area contributed by atoms with Crippen molar-refractivity contribution in [2.45, 2.75) is 19.9 Å². The monoisotopic (exact) mass is 329 g/mol. The number of piperazine rings is 1. The van der Waals surface area contributed by atoms with Crippen LogP contribution in [0.2, 0.25) is 10.0 Å². The molecule has 118 valence electrons. The Labute approximate surface area is 138 Å². The molecule has 0 radical (unpaired) electrons. The molecule has 1 unspecified atom stereocenters. The molecule has 1 atom stereocenters. The molecule has 0 aliphatic carbocycles. The fourth-order valence-corrected chi connectivity index (χ4v) is 3.70. The van der Waals surface area contributed by atoms with Crippen LogP contribution in [0.3, 0.4) is 0 Å². The average Bonchev–Trinajstić information content (AvgIpc) is 2.44. The van der Waals surface area contributed by atoms with E-state index in [2.05, 4.69) is 23.6 Å². The summed E-state index contributed by atoms with van der Waals surface area (Å²) in [5.74, 6) is 0.708. The fourth-order valence-electron chi connectivity index (χ4n) is 3.05. The van der Waals surface area contributed by atoms with Crippen LogP contribution < -0.4 is 5.73 Å². The highest BCUT2D eigenvalue weighted by atomic mass is 35.5. The number of nitrogens with zero attached hydrogens (tertiary/aromatic N) is 2. The summed E-state index contributed by atoms with van der Waals surface area (Å²) in [7, 11) is 0. The molecular weight excluding hydrogens is 305 g/mol. The van der Waals surface area contributed by atoms with E-state index in [4.69, 9.17) is 28.9 Å². The van der Waals surface area contributed by atoms with E-state index in [1.807, 2.05) is 18.2 Å². The van der Waals surface area contributed by atoms with Crippen LogP contribution in [0.1, 0.15) is 25.5 Å². The van der Waals surface area contributed by atoms with Crippen LogP contribution in [0.4, 0.5) is 0 Å². The van der Waals surface area contributed by atoms with Crippen molar-refractivity contribution in [1.29, 1.82) is 0 Å². The van der Waals surface area contributed by atoms with Crippen LogP contribution >= 0.6 is 23.2 Å². The number of nitrogens with two attached hydrogens (primary N) is 1. The van der Waals surface area contributed by atoms with Gasteiger partial charge < -0.3 is 10.6 Å². The van der Waals surface area contributed by atoms with E-state index in [1.54, 1.807) is 0 Å². The van der Waals surface area contributed by atoms with Gasteiger partial charge in [0.05, 0.1) is 6.04 Å². The van der Waals surface area contributed by atoms with Crippen molar-refractivity contribution < 1.29 is 0 Å². The topological polar surface area (TPSA) is 32.5 Å². The highest BCUT2D eigenvalue weighted by Gasteiger charge is 2.27. The van der Waals surface area contributed by atoms with Crippen LogP contribution in [-0.4, -0.2) is 49.1 Å². The number of hydrogen-bond donors (Lipinski definition) is 1. The predicted octanol–water partition coefficient (Wildman–Crippen LogP) is 3.27. The van der Waals surface area contributed by atoms with E-state index in [1.165, 1.54) is 0 Å². The smallest absolute Gasteiger partial charge is 0.0501 e. The van der Waals surface area contributed by atoms with Crippen molar-refractivity contribution in [2.75, 3.05) is 39.3 Å². The van der Waals surface area contributed by atoms with E-state index in [0.717, 1.165) is 38.3 Å². The quantitative estimate of drug-likeness (QED) is 0.899. The van der Waals surface area contributed by atoms with Crippen LogP contribution in [-0.2, 0) is 0 Å². The summed E-state index contributed by atoms with van der Waals surface area (Å²) in [6, 6.07) is 5.76. The molecule has 1 fully saturated rings. The first kappa shape index (κ1) is 17.0. The van der Waals surface area contributed by atoms with Gasteiger partial charge in [-0.15, -0.1) is 0 Å². The Kier molecular flexibility index (Phi) is 6.33. The van der Waals surface area contributed by atoms with Gasteiger partial charge in [0, 0.05) is 54.9 Å². The van der Waals surface area contributed by atoms with E-state index in [-0.39, 0.29) is 6.04 Å². The molecule has 3 nitrogen and oxygen atoms in total. The molecule has 21 heavy (non-hydrogen) atoms. The number of hydrogen-bond acceptors (Lipinski definition) is 3. The largest absolute Gasteiger partial charge is 0.329 e. The Morgan fingerprint density at radius 1 is 1.10 bits per heavy atom. The van der Waals surface area contributed by atoms with Crippen molar-refractivity contribution >= 4 is 23.2 Å². The molecule has 1 aliphatic heterocycles. The lowest BCUT2D eigenvalue weighted by Gasteiger charge is -2.40.